The van der Waals surface area contributed by atoms with Crippen molar-refractivity contribution in [3.05, 3.63) is 106 Å². The summed E-state index contributed by atoms with van der Waals surface area (Å²) >= 11 is 0. The van der Waals surface area contributed by atoms with Crippen molar-refractivity contribution in [3.8, 4) is 93.7 Å². The van der Waals surface area contributed by atoms with Gasteiger partial charge in [-0.15, -0.1) is 12.8 Å². The molecule has 4 aromatic carbocycles. The lowest BCUT2D eigenvalue weighted by Gasteiger charge is -2.17. The summed E-state index contributed by atoms with van der Waals surface area (Å²) < 4.78 is 43.2. The van der Waals surface area contributed by atoms with Gasteiger partial charge in [-0.3, -0.25) is 10.2 Å². The van der Waals surface area contributed by atoms with Crippen molar-refractivity contribution in [2.45, 2.75) is 0 Å². The van der Waals surface area contributed by atoms with Crippen molar-refractivity contribution >= 4 is 35.5 Å². The number of aromatic amines is 2. The molecule has 6 aromatic rings. The summed E-state index contributed by atoms with van der Waals surface area (Å²) in [6.45, 7) is 1.86. The van der Waals surface area contributed by atoms with Gasteiger partial charge in [0.1, 0.15) is 39.1 Å². The summed E-state index contributed by atoms with van der Waals surface area (Å²) in [7, 11) is 0. The molecule has 6 aliphatic heterocycles. The minimum Gasteiger partial charge on any atom is -0.504 e. The van der Waals surface area contributed by atoms with Crippen molar-refractivity contribution in [3.63, 3.8) is 0 Å². The fraction of sp³-hybridized carbons (Fsp3) is 0.130. The molecule has 8 heterocycles. The fourth-order valence-corrected chi connectivity index (χ4v) is 6.81. The van der Waals surface area contributed by atoms with Crippen molar-refractivity contribution < 1.29 is 58.3 Å². The lowest BCUT2D eigenvalue weighted by atomic mass is 10.1. The van der Waals surface area contributed by atoms with Crippen LogP contribution in [0.4, 0.5) is 0 Å². The highest BCUT2D eigenvalue weighted by atomic mass is 16.7. The molecule has 0 atom stereocenters. The Morgan fingerprint density at radius 1 is 0.453 bits per heavy atom. The first kappa shape index (κ1) is 40.3. The zero-order chi connectivity index (χ0) is 44.2. The van der Waals surface area contributed by atoms with Crippen LogP contribution in [-0.2, 0) is 0 Å². The second-order valence-electron chi connectivity index (χ2n) is 13.9. The Bertz CT molecular complexity index is 2980. The molecule has 0 aliphatic carbocycles. The maximum atomic E-state index is 9.62. The monoisotopic (exact) mass is 862 g/mol. The third-order valence-corrected chi connectivity index (χ3v) is 9.95. The van der Waals surface area contributed by atoms with Crippen LogP contribution in [0, 0.1) is 24.7 Å². The minimum absolute atomic E-state index is 0.193. The maximum Gasteiger partial charge on any atom is 0.231 e. The highest BCUT2D eigenvalue weighted by Crippen LogP contribution is 2.47. The summed E-state index contributed by atoms with van der Waals surface area (Å²) in [6.07, 6.45) is 21.0. The predicted octanol–water partition coefficient (Wildman–Crippen LogP) is 5.95. The highest BCUT2D eigenvalue weighted by molar-refractivity contribution is 5.86. The van der Waals surface area contributed by atoms with E-state index in [1.807, 2.05) is 42.5 Å². The first-order chi connectivity index (χ1) is 31.3. The number of terminal acetylenes is 2. The molecule has 0 bridgehead atoms. The Hall–Kier alpha value is -9.16. The van der Waals surface area contributed by atoms with Gasteiger partial charge in [0, 0.05) is 44.5 Å². The summed E-state index contributed by atoms with van der Waals surface area (Å²) in [5.74, 6) is 10.4. The van der Waals surface area contributed by atoms with E-state index in [0.717, 1.165) is 56.7 Å². The number of hydrogen-bond donors (Lipinski definition) is 6. The van der Waals surface area contributed by atoms with Gasteiger partial charge >= 0.3 is 0 Å². The molecule has 0 spiro atoms. The molecular weight excluding hydrogens is 829 g/mol. The van der Waals surface area contributed by atoms with E-state index in [9.17, 15) is 20.4 Å². The Balaban J connectivity index is 0.000000109. The van der Waals surface area contributed by atoms with Crippen LogP contribution in [0.25, 0.3) is 35.5 Å². The molecule has 0 saturated heterocycles. The SMILES string of the molecule is C#CC1=Cc2ccc(O)c(O)c2OC1.C#CC1=Cc2ccc3c(c2OC1)OCO3.C1=C(c2ncn[nH]2)COc2c1ccc1c2OCO1.Oc1ccc2c(c1O)OCC(c1ncn[nH]1)=C2. The molecule has 64 heavy (non-hydrogen) atoms. The number of aromatic nitrogens is 6. The van der Waals surface area contributed by atoms with Crippen LogP contribution in [0.3, 0.4) is 0 Å². The molecule has 18 nitrogen and oxygen atoms in total. The third kappa shape index (κ3) is 8.05. The summed E-state index contributed by atoms with van der Waals surface area (Å²) in [4.78, 5) is 8.14. The number of phenols is 4. The van der Waals surface area contributed by atoms with Gasteiger partial charge in [0.2, 0.25) is 36.6 Å². The van der Waals surface area contributed by atoms with Crippen LogP contribution < -0.4 is 37.9 Å². The van der Waals surface area contributed by atoms with Crippen LogP contribution in [0.2, 0.25) is 0 Å². The number of phenolic OH excluding ortho intramolecular Hbond substituents is 4. The van der Waals surface area contributed by atoms with Gasteiger partial charge in [-0.1, -0.05) is 11.8 Å². The third-order valence-electron chi connectivity index (χ3n) is 9.95. The van der Waals surface area contributed by atoms with Gasteiger partial charge < -0.3 is 58.3 Å². The minimum atomic E-state index is -0.241. The van der Waals surface area contributed by atoms with Gasteiger partial charge in [-0.05, 0) is 72.8 Å². The first-order valence-corrected chi connectivity index (χ1v) is 19.2. The molecule has 6 aliphatic rings. The lowest BCUT2D eigenvalue weighted by Crippen LogP contribution is -2.08. The standard InChI is InChI=1S/C12H9N3O3.C12H8O3.C11H9N3O3.C11H8O3/c1-2-9-11(18-6-17-9)10-7(1)3-8(4-16-10)12-13-5-14-15-12;1-2-8-5-9-3-4-10-12(15-7-14-10)11(9)13-6-8;15-8-2-1-6-3-7(11-12-5-13-14-11)4-17-10(6)9(8)16;1-2-7-5-8-3-4-9(12)10(13)11(8)14-6-7/h1-3,5H,4,6H2,(H,13,14,15);1,3-5H,6-7H2;1-3,5,15-16H,4H2,(H,12,13,14);1,3-5,12-13H,6H2. The Labute approximate surface area is 363 Å². The number of aromatic hydroxyl groups is 4. The zero-order valence-corrected chi connectivity index (χ0v) is 33.3. The van der Waals surface area contributed by atoms with Crippen LogP contribution in [0.5, 0.6) is 69.0 Å². The van der Waals surface area contributed by atoms with E-state index < -0.39 is 0 Å². The molecule has 6 N–H and O–H groups in total. The number of ether oxygens (including phenoxy) is 8. The number of H-pyrrole nitrogens is 2. The second-order valence-corrected chi connectivity index (χ2v) is 13.9. The smallest absolute Gasteiger partial charge is 0.231 e. The van der Waals surface area contributed by atoms with Crippen molar-refractivity contribution in [1.29, 1.82) is 0 Å². The number of rotatable bonds is 2. The fourth-order valence-electron chi connectivity index (χ4n) is 6.81. The highest BCUT2D eigenvalue weighted by Gasteiger charge is 2.26. The van der Waals surface area contributed by atoms with E-state index in [-0.39, 0.29) is 61.3 Å². The second kappa shape index (κ2) is 17.4. The largest absolute Gasteiger partial charge is 0.504 e. The van der Waals surface area contributed by atoms with Gasteiger partial charge in [-0.25, -0.2) is 9.97 Å². The number of nitrogens with one attached hydrogen (secondary N) is 2. The molecule has 0 saturated carbocycles. The Morgan fingerprint density at radius 3 is 1.33 bits per heavy atom. The Kier molecular flexibility index (Phi) is 11.0. The molecule has 0 radical (unpaired) electrons. The van der Waals surface area contributed by atoms with Gasteiger partial charge in [0.25, 0.3) is 0 Å². The average Bonchev–Trinajstić information content (AvgIpc) is 4.20. The van der Waals surface area contributed by atoms with E-state index >= 15 is 0 Å². The van der Waals surface area contributed by atoms with Crippen LogP contribution >= 0.6 is 0 Å². The summed E-state index contributed by atoms with van der Waals surface area (Å²) in [5.41, 5.74) is 6.61. The molecule has 18 heteroatoms. The Morgan fingerprint density at radius 2 is 0.859 bits per heavy atom. The average molecular weight is 863 g/mol. The summed E-state index contributed by atoms with van der Waals surface area (Å²) in [6, 6.07) is 13.7. The quantitative estimate of drug-likeness (QED) is 0.0872. The lowest BCUT2D eigenvalue weighted by molar-refractivity contribution is 0.170. The van der Waals surface area contributed by atoms with E-state index in [1.165, 1.54) is 24.8 Å². The van der Waals surface area contributed by atoms with Crippen molar-refractivity contribution in [2.75, 3.05) is 40.0 Å². The number of hydrogen-bond acceptors (Lipinski definition) is 16. The normalized spacial score (nSPS) is 14.8. The van der Waals surface area contributed by atoms with Crippen molar-refractivity contribution in [1.82, 2.24) is 30.4 Å². The van der Waals surface area contributed by atoms with Crippen LogP contribution in [0.1, 0.15) is 33.9 Å². The first-order valence-electron chi connectivity index (χ1n) is 19.2. The molecule has 0 fully saturated rings. The van der Waals surface area contributed by atoms with Gasteiger partial charge in [-0.2, -0.15) is 10.2 Å². The molecule has 12 rings (SSSR count). The number of nitrogens with zero attached hydrogens (tertiary/aromatic N) is 4. The van der Waals surface area contributed by atoms with E-state index in [2.05, 4.69) is 42.2 Å². The topological polar surface area (TPSA) is 238 Å². The molecular formula is C46H34N6O12. The number of benzene rings is 4. The van der Waals surface area contributed by atoms with E-state index in [1.54, 1.807) is 18.2 Å². The molecule has 0 amide bonds. The number of fused-ring (bicyclic) bond motifs is 8. The molecule has 320 valence electrons. The molecule has 0 unspecified atom stereocenters. The van der Waals surface area contributed by atoms with Gasteiger partial charge in [0.15, 0.2) is 57.6 Å². The maximum absolute atomic E-state index is 9.62. The van der Waals surface area contributed by atoms with Gasteiger partial charge in [0.05, 0.1) is 0 Å². The summed E-state index contributed by atoms with van der Waals surface area (Å²) in [5, 5.41) is 50.8. The van der Waals surface area contributed by atoms with Crippen LogP contribution in [-0.4, -0.2) is 90.8 Å². The zero-order valence-electron chi connectivity index (χ0n) is 33.3. The van der Waals surface area contributed by atoms with Crippen molar-refractivity contribution in [2.24, 2.45) is 0 Å². The van der Waals surface area contributed by atoms with E-state index in [4.69, 9.17) is 50.7 Å². The van der Waals surface area contributed by atoms with E-state index in [0.29, 0.717) is 47.2 Å². The van der Waals surface area contributed by atoms with Crippen LogP contribution in [0.15, 0.2) is 72.3 Å². The predicted molar refractivity (Wildman–Crippen MR) is 229 cm³/mol. The molecule has 2 aromatic heterocycles.